The van der Waals surface area contributed by atoms with Crippen LogP contribution in [0, 0.1) is 5.92 Å². The molecule has 0 bridgehead atoms. The molecule has 3 nitrogen and oxygen atoms in total. The Morgan fingerprint density at radius 1 is 1.11 bits per heavy atom. The molecular weight excluding hydrogens is 246 g/mol. The van der Waals surface area contributed by atoms with E-state index in [4.69, 9.17) is 0 Å². The van der Waals surface area contributed by atoms with Crippen LogP contribution in [0.25, 0.3) is 0 Å². The highest BCUT2D eigenvalue weighted by molar-refractivity contribution is 8.18. The molecule has 0 saturated carbocycles. The fourth-order valence-electron chi connectivity index (χ4n) is 2.08. The van der Waals surface area contributed by atoms with Crippen LogP contribution in [0.1, 0.15) is 58.8 Å². The first-order valence-corrected chi connectivity index (χ1v) is 7.74. The van der Waals surface area contributed by atoms with Crippen LogP contribution in [0.4, 0.5) is 4.79 Å². The number of nitrogens with one attached hydrogen (secondary N) is 1. The molecule has 0 aromatic carbocycles. The van der Waals surface area contributed by atoms with Crippen molar-refractivity contribution in [1.82, 2.24) is 5.32 Å². The van der Waals surface area contributed by atoms with E-state index in [0.717, 1.165) is 24.6 Å². The maximum Gasteiger partial charge on any atom is 0.290 e. The first kappa shape index (κ1) is 15.3. The third-order valence-corrected chi connectivity index (χ3v) is 3.96. The number of hydrogen-bond donors (Lipinski definition) is 1. The standard InChI is InChI=1S/C14H23NO2S/c1-3-5-7-9-11(8-6-4-2)10-12-13(16)15-14(17)18-12/h10-11H,3-9H2,1-2H3,(H,15,16,17)/b12-10-. The summed E-state index contributed by atoms with van der Waals surface area (Å²) in [5.41, 5.74) is 0. The van der Waals surface area contributed by atoms with E-state index in [0.29, 0.717) is 10.8 Å². The monoisotopic (exact) mass is 269 g/mol. The Balaban J connectivity index is 2.55. The van der Waals surface area contributed by atoms with Crippen LogP contribution in [0.5, 0.6) is 0 Å². The minimum atomic E-state index is -0.242. The van der Waals surface area contributed by atoms with Gasteiger partial charge in [-0.25, -0.2) is 0 Å². The lowest BCUT2D eigenvalue weighted by atomic mass is 9.95. The molecule has 1 atom stereocenters. The van der Waals surface area contributed by atoms with Gasteiger partial charge >= 0.3 is 0 Å². The fraction of sp³-hybridized carbons (Fsp3) is 0.714. The molecule has 1 aliphatic rings. The van der Waals surface area contributed by atoms with E-state index in [1.54, 1.807) is 0 Å². The molecule has 102 valence electrons. The lowest BCUT2D eigenvalue weighted by molar-refractivity contribution is -0.115. The molecule has 1 fully saturated rings. The van der Waals surface area contributed by atoms with E-state index < -0.39 is 0 Å². The van der Waals surface area contributed by atoms with Crippen molar-refractivity contribution in [3.8, 4) is 0 Å². The minimum absolute atomic E-state index is 0.220. The number of allylic oxidation sites excluding steroid dienone is 1. The molecule has 1 heterocycles. The molecule has 0 radical (unpaired) electrons. The van der Waals surface area contributed by atoms with Crippen LogP contribution in [-0.2, 0) is 4.79 Å². The van der Waals surface area contributed by atoms with Gasteiger partial charge in [-0.2, -0.15) is 0 Å². The van der Waals surface area contributed by atoms with Crippen molar-refractivity contribution in [2.24, 2.45) is 5.92 Å². The predicted octanol–water partition coefficient (Wildman–Crippen LogP) is 4.24. The molecule has 1 rings (SSSR count). The van der Waals surface area contributed by atoms with Gasteiger partial charge in [0.1, 0.15) is 0 Å². The smallest absolute Gasteiger partial charge is 0.282 e. The van der Waals surface area contributed by atoms with Gasteiger partial charge in [0.2, 0.25) is 0 Å². The Morgan fingerprint density at radius 3 is 2.33 bits per heavy atom. The van der Waals surface area contributed by atoms with Crippen molar-refractivity contribution in [1.29, 1.82) is 0 Å². The zero-order valence-corrected chi connectivity index (χ0v) is 12.1. The summed E-state index contributed by atoms with van der Waals surface area (Å²) in [6.07, 6.45) is 10.3. The van der Waals surface area contributed by atoms with E-state index >= 15 is 0 Å². The summed E-state index contributed by atoms with van der Waals surface area (Å²) in [5.74, 6) is 0.220. The van der Waals surface area contributed by atoms with Gasteiger partial charge in [0, 0.05) is 0 Å². The second-order valence-corrected chi connectivity index (χ2v) is 5.79. The molecule has 1 N–H and O–H groups in total. The van der Waals surface area contributed by atoms with Gasteiger partial charge in [0.25, 0.3) is 11.1 Å². The van der Waals surface area contributed by atoms with Crippen molar-refractivity contribution < 1.29 is 9.59 Å². The molecule has 18 heavy (non-hydrogen) atoms. The lowest BCUT2D eigenvalue weighted by Crippen LogP contribution is -2.18. The Hall–Kier alpha value is -0.770. The second-order valence-electron chi connectivity index (χ2n) is 4.77. The maximum atomic E-state index is 11.5. The first-order valence-electron chi connectivity index (χ1n) is 6.92. The zero-order valence-electron chi connectivity index (χ0n) is 11.3. The summed E-state index contributed by atoms with van der Waals surface area (Å²) in [4.78, 5) is 23.2. The number of imide groups is 1. The largest absolute Gasteiger partial charge is 0.290 e. The molecule has 1 aliphatic heterocycles. The normalized spacial score (nSPS) is 19.3. The highest BCUT2D eigenvalue weighted by Gasteiger charge is 2.25. The molecule has 0 aromatic rings. The Bertz CT molecular complexity index is 326. The predicted molar refractivity (Wildman–Crippen MR) is 76.4 cm³/mol. The van der Waals surface area contributed by atoms with Gasteiger partial charge in [0.15, 0.2) is 0 Å². The summed E-state index contributed by atoms with van der Waals surface area (Å²) < 4.78 is 0. The van der Waals surface area contributed by atoms with E-state index in [1.807, 2.05) is 6.08 Å². The third kappa shape index (κ3) is 5.25. The minimum Gasteiger partial charge on any atom is -0.282 e. The number of rotatable bonds is 8. The topological polar surface area (TPSA) is 46.2 Å². The van der Waals surface area contributed by atoms with Gasteiger partial charge in [-0.15, -0.1) is 0 Å². The third-order valence-electron chi connectivity index (χ3n) is 3.14. The number of hydrogen-bond acceptors (Lipinski definition) is 3. The number of carbonyl (C=O) groups excluding carboxylic acids is 2. The molecular formula is C14H23NO2S. The number of carbonyl (C=O) groups is 2. The van der Waals surface area contributed by atoms with E-state index in [1.165, 1.54) is 32.1 Å². The van der Waals surface area contributed by atoms with Gasteiger partial charge in [-0.1, -0.05) is 52.0 Å². The van der Waals surface area contributed by atoms with Crippen LogP contribution in [-0.4, -0.2) is 11.1 Å². The fourth-order valence-corrected chi connectivity index (χ4v) is 2.83. The van der Waals surface area contributed by atoms with E-state index in [9.17, 15) is 9.59 Å². The molecule has 0 spiro atoms. The van der Waals surface area contributed by atoms with Gasteiger partial charge in [-0.3, -0.25) is 14.9 Å². The van der Waals surface area contributed by atoms with Crippen molar-refractivity contribution in [3.05, 3.63) is 11.0 Å². The summed E-state index contributed by atoms with van der Waals surface area (Å²) in [6, 6.07) is 0. The number of thioether (sulfide) groups is 1. The van der Waals surface area contributed by atoms with E-state index in [2.05, 4.69) is 19.2 Å². The molecule has 0 aliphatic carbocycles. The first-order chi connectivity index (χ1) is 8.67. The lowest BCUT2D eigenvalue weighted by Gasteiger charge is -2.12. The zero-order chi connectivity index (χ0) is 13.4. The Labute approximate surface area is 114 Å². The van der Waals surface area contributed by atoms with Gasteiger partial charge in [0.05, 0.1) is 4.91 Å². The SMILES string of the molecule is CCCCCC(/C=C1\SC(=O)NC1=O)CCCC. The second kappa shape index (κ2) is 8.35. The number of amides is 2. The Kier molecular flexibility index (Phi) is 7.09. The average molecular weight is 269 g/mol. The van der Waals surface area contributed by atoms with Crippen molar-refractivity contribution in [3.63, 3.8) is 0 Å². The molecule has 1 saturated heterocycles. The highest BCUT2D eigenvalue weighted by atomic mass is 32.2. The summed E-state index contributed by atoms with van der Waals surface area (Å²) in [5, 5.41) is 2.07. The van der Waals surface area contributed by atoms with Gasteiger partial charge in [-0.05, 0) is 30.5 Å². The van der Waals surface area contributed by atoms with Crippen LogP contribution >= 0.6 is 11.8 Å². The molecule has 4 heteroatoms. The maximum absolute atomic E-state index is 11.5. The summed E-state index contributed by atoms with van der Waals surface area (Å²) >= 11 is 1.04. The molecule has 0 aromatic heterocycles. The van der Waals surface area contributed by atoms with Crippen LogP contribution < -0.4 is 5.32 Å². The summed E-state index contributed by atoms with van der Waals surface area (Å²) in [6.45, 7) is 4.37. The quantitative estimate of drug-likeness (QED) is 0.529. The summed E-state index contributed by atoms with van der Waals surface area (Å²) in [7, 11) is 0. The highest BCUT2D eigenvalue weighted by Crippen LogP contribution is 2.28. The van der Waals surface area contributed by atoms with Gasteiger partial charge < -0.3 is 0 Å². The van der Waals surface area contributed by atoms with Crippen LogP contribution in [0.2, 0.25) is 0 Å². The molecule has 2 amide bonds. The van der Waals surface area contributed by atoms with Crippen molar-refractivity contribution >= 4 is 22.9 Å². The average Bonchev–Trinajstić information content (AvgIpc) is 2.65. The Morgan fingerprint density at radius 2 is 1.78 bits per heavy atom. The van der Waals surface area contributed by atoms with Crippen molar-refractivity contribution in [2.45, 2.75) is 58.8 Å². The van der Waals surface area contributed by atoms with Crippen LogP contribution in [0.3, 0.4) is 0 Å². The molecule has 1 unspecified atom stereocenters. The van der Waals surface area contributed by atoms with Crippen molar-refractivity contribution in [2.75, 3.05) is 0 Å². The number of unbranched alkanes of at least 4 members (excludes halogenated alkanes) is 3. The van der Waals surface area contributed by atoms with Crippen LogP contribution in [0.15, 0.2) is 11.0 Å². The van der Waals surface area contributed by atoms with E-state index in [-0.39, 0.29) is 11.1 Å².